The van der Waals surface area contributed by atoms with E-state index in [9.17, 15) is 9.18 Å². The molecule has 2 aromatic rings. The van der Waals surface area contributed by atoms with Gasteiger partial charge in [-0.25, -0.2) is 9.18 Å². The van der Waals surface area contributed by atoms with Gasteiger partial charge in [-0.05, 0) is 49.8 Å². The lowest BCUT2D eigenvalue weighted by Gasteiger charge is -2.31. The van der Waals surface area contributed by atoms with Gasteiger partial charge in [-0.3, -0.25) is 0 Å². The van der Waals surface area contributed by atoms with Gasteiger partial charge in [-0.2, -0.15) is 4.98 Å². The highest BCUT2D eigenvalue weighted by molar-refractivity contribution is 5.75. The van der Waals surface area contributed by atoms with Gasteiger partial charge in [-0.1, -0.05) is 17.3 Å². The molecule has 2 amide bonds. The van der Waals surface area contributed by atoms with Crippen molar-refractivity contribution in [3.63, 3.8) is 0 Å². The van der Waals surface area contributed by atoms with Gasteiger partial charge in [0, 0.05) is 19.0 Å². The van der Waals surface area contributed by atoms with Gasteiger partial charge >= 0.3 is 6.03 Å². The Labute approximate surface area is 145 Å². The zero-order valence-electron chi connectivity index (χ0n) is 14.2. The molecule has 1 fully saturated rings. The second-order valence-corrected chi connectivity index (χ2v) is 6.79. The van der Waals surface area contributed by atoms with Gasteiger partial charge < -0.3 is 14.7 Å². The van der Waals surface area contributed by atoms with Crippen LogP contribution in [-0.2, 0) is 6.42 Å². The first kappa shape index (κ1) is 16.1. The Hall–Kier alpha value is -2.44. The van der Waals surface area contributed by atoms with E-state index in [4.69, 9.17) is 4.52 Å². The maximum absolute atomic E-state index is 13.8. The number of hydrogen-bond donors (Lipinski definition) is 1. The Kier molecular flexibility index (Phi) is 4.15. The number of rotatable bonds is 2. The number of urea groups is 1. The summed E-state index contributed by atoms with van der Waals surface area (Å²) in [5, 5.41) is 6.89. The second kappa shape index (κ2) is 6.46. The number of likely N-dealkylation sites (tertiary alicyclic amines) is 1. The van der Waals surface area contributed by atoms with E-state index in [1.807, 2.05) is 11.0 Å². The Bertz CT molecular complexity index is 783. The van der Waals surface area contributed by atoms with Gasteiger partial charge in [0.25, 0.3) is 0 Å². The van der Waals surface area contributed by atoms with Crippen LogP contribution >= 0.6 is 0 Å². The Morgan fingerprint density at radius 2 is 2.12 bits per heavy atom. The van der Waals surface area contributed by atoms with Crippen molar-refractivity contribution in [1.82, 2.24) is 20.4 Å². The lowest BCUT2D eigenvalue weighted by molar-refractivity contribution is 0.172. The molecule has 7 heteroatoms. The molecule has 1 N–H and O–H groups in total. The standard InChI is InChI=1S/C18H21FN4O2/c1-11-20-17(25-22-11)12-7-9-23(10-8-12)18(24)21-16-6-5-13-14(16)3-2-4-15(13)19/h2-4,12,16H,5-10H2,1H3,(H,21,24). The molecule has 1 atom stereocenters. The summed E-state index contributed by atoms with van der Waals surface area (Å²) in [6, 6.07) is 4.90. The van der Waals surface area contributed by atoms with Gasteiger partial charge in [-0.15, -0.1) is 0 Å². The molecule has 2 aliphatic rings. The molecule has 2 heterocycles. The predicted octanol–water partition coefficient (Wildman–Crippen LogP) is 3.09. The van der Waals surface area contributed by atoms with Gasteiger partial charge in [0.05, 0.1) is 6.04 Å². The Morgan fingerprint density at radius 1 is 1.32 bits per heavy atom. The number of aryl methyl sites for hydroxylation is 1. The van der Waals surface area contributed by atoms with Crippen LogP contribution in [-0.4, -0.2) is 34.2 Å². The van der Waals surface area contributed by atoms with Crippen molar-refractivity contribution in [2.75, 3.05) is 13.1 Å². The predicted molar refractivity (Wildman–Crippen MR) is 88.6 cm³/mol. The third-order valence-electron chi connectivity index (χ3n) is 5.19. The van der Waals surface area contributed by atoms with E-state index in [0.717, 1.165) is 30.4 Å². The highest BCUT2D eigenvalue weighted by Crippen LogP contribution is 2.33. The summed E-state index contributed by atoms with van der Waals surface area (Å²) in [7, 11) is 0. The lowest BCUT2D eigenvalue weighted by atomic mass is 9.97. The molecule has 0 bridgehead atoms. The maximum atomic E-state index is 13.8. The summed E-state index contributed by atoms with van der Waals surface area (Å²) in [6.07, 6.45) is 3.04. The van der Waals surface area contributed by atoms with Crippen LogP contribution in [0.3, 0.4) is 0 Å². The zero-order valence-corrected chi connectivity index (χ0v) is 14.2. The molecule has 1 aliphatic heterocycles. The summed E-state index contributed by atoms with van der Waals surface area (Å²) in [4.78, 5) is 18.7. The number of halogens is 1. The smallest absolute Gasteiger partial charge is 0.317 e. The largest absolute Gasteiger partial charge is 0.339 e. The van der Waals surface area contributed by atoms with Crippen LogP contribution in [0.25, 0.3) is 0 Å². The number of carbonyl (C=O) groups excluding carboxylic acids is 1. The van der Waals surface area contributed by atoms with Gasteiger partial charge in [0.1, 0.15) is 5.82 Å². The fraction of sp³-hybridized carbons (Fsp3) is 0.500. The average molecular weight is 344 g/mol. The SMILES string of the molecule is Cc1noc(C2CCN(C(=O)NC3CCc4c(F)cccc43)CC2)n1. The molecule has 0 saturated carbocycles. The topological polar surface area (TPSA) is 71.3 Å². The third-order valence-corrected chi connectivity index (χ3v) is 5.19. The molecule has 6 nitrogen and oxygen atoms in total. The third kappa shape index (κ3) is 3.10. The van der Waals surface area contributed by atoms with Crippen LogP contribution in [0.4, 0.5) is 9.18 Å². The zero-order chi connectivity index (χ0) is 17.4. The van der Waals surface area contributed by atoms with E-state index in [1.165, 1.54) is 6.07 Å². The van der Waals surface area contributed by atoms with Crippen molar-refractivity contribution < 1.29 is 13.7 Å². The first-order valence-corrected chi connectivity index (χ1v) is 8.75. The number of aromatic nitrogens is 2. The summed E-state index contributed by atoms with van der Waals surface area (Å²) in [6.45, 7) is 3.11. The number of fused-ring (bicyclic) bond motifs is 1. The van der Waals surface area contributed by atoms with Crippen LogP contribution in [0, 0.1) is 12.7 Å². The van der Waals surface area contributed by atoms with Crippen molar-refractivity contribution in [1.29, 1.82) is 0 Å². The van der Waals surface area contributed by atoms with Crippen molar-refractivity contribution >= 4 is 6.03 Å². The van der Waals surface area contributed by atoms with Crippen LogP contribution in [0.2, 0.25) is 0 Å². The molecule has 1 aliphatic carbocycles. The summed E-state index contributed by atoms with van der Waals surface area (Å²) in [5.74, 6) is 1.34. The minimum Gasteiger partial charge on any atom is -0.339 e. The first-order valence-electron chi connectivity index (χ1n) is 8.75. The number of nitrogens with one attached hydrogen (secondary N) is 1. The fourth-order valence-electron chi connectivity index (χ4n) is 3.81. The van der Waals surface area contributed by atoms with Crippen molar-refractivity contribution in [3.8, 4) is 0 Å². The van der Waals surface area contributed by atoms with E-state index in [0.29, 0.717) is 31.2 Å². The lowest BCUT2D eigenvalue weighted by Crippen LogP contribution is -2.45. The minimum absolute atomic E-state index is 0.0812. The van der Waals surface area contributed by atoms with Crippen molar-refractivity contribution in [3.05, 3.63) is 46.9 Å². The van der Waals surface area contributed by atoms with Crippen LogP contribution in [0.5, 0.6) is 0 Å². The summed E-state index contributed by atoms with van der Waals surface area (Å²) in [5.41, 5.74) is 1.64. The van der Waals surface area contributed by atoms with E-state index in [2.05, 4.69) is 15.5 Å². The maximum Gasteiger partial charge on any atom is 0.317 e. The van der Waals surface area contributed by atoms with Crippen LogP contribution in [0.1, 0.15) is 54.1 Å². The second-order valence-electron chi connectivity index (χ2n) is 6.79. The average Bonchev–Trinajstić information content (AvgIpc) is 3.23. The molecular formula is C18H21FN4O2. The highest BCUT2D eigenvalue weighted by atomic mass is 19.1. The molecule has 1 aromatic carbocycles. The van der Waals surface area contributed by atoms with Crippen LogP contribution < -0.4 is 5.32 Å². The quantitative estimate of drug-likeness (QED) is 0.909. The normalized spacial score (nSPS) is 20.6. The highest BCUT2D eigenvalue weighted by Gasteiger charge is 2.30. The van der Waals surface area contributed by atoms with Gasteiger partial charge in [0.2, 0.25) is 5.89 Å². The number of benzene rings is 1. The summed E-state index contributed by atoms with van der Waals surface area (Å²) < 4.78 is 19.1. The van der Waals surface area contributed by atoms with E-state index in [1.54, 1.807) is 13.0 Å². The molecule has 1 aromatic heterocycles. The molecule has 1 unspecified atom stereocenters. The van der Waals surface area contributed by atoms with Crippen molar-refractivity contribution in [2.24, 2.45) is 0 Å². The molecule has 0 radical (unpaired) electrons. The summed E-state index contributed by atoms with van der Waals surface area (Å²) >= 11 is 0. The Balaban J connectivity index is 1.35. The number of nitrogens with zero attached hydrogens (tertiary/aromatic N) is 3. The molecule has 0 spiro atoms. The van der Waals surface area contributed by atoms with E-state index in [-0.39, 0.29) is 23.8 Å². The molecule has 1 saturated heterocycles. The first-order chi connectivity index (χ1) is 12.1. The minimum atomic E-state index is -0.176. The number of carbonyl (C=O) groups is 1. The van der Waals surface area contributed by atoms with Gasteiger partial charge in [0.15, 0.2) is 5.82 Å². The number of hydrogen-bond acceptors (Lipinski definition) is 4. The molecule has 4 rings (SSSR count). The van der Waals surface area contributed by atoms with E-state index < -0.39 is 0 Å². The molecule has 25 heavy (non-hydrogen) atoms. The fourth-order valence-corrected chi connectivity index (χ4v) is 3.81. The van der Waals surface area contributed by atoms with E-state index >= 15 is 0 Å². The monoisotopic (exact) mass is 344 g/mol. The van der Waals surface area contributed by atoms with Crippen LogP contribution in [0.15, 0.2) is 22.7 Å². The Morgan fingerprint density at radius 3 is 2.84 bits per heavy atom. The molecular weight excluding hydrogens is 323 g/mol. The van der Waals surface area contributed by atoms with Crippen molar-refractivity contribution in [2.45, 2.75) is 44.6 Å². The number of piperidine rings is 1. The number of amides is 2. The molecule has 132 valence electrons.